The van der Waals surface area contributed by atoms with Crippen molar-refractivity contribution in [2.75, 3.05) is 7.11 Å². The van der Waals surface area contributed by atoms with Crippen molar-refractivity contribution in [3.8, 4) is 5.75 Å². The summed E-state index contributed by atoms with van der Waals surface area (Å²) in [5, 5.41) is 0. The van der Waals surface area contributed by atoms with Gasteiger partial charge >= 0.3 is 0 Å². The highest BCUT2D eigenvalue weighted by Crippen LogP contribution is 2.27. The van der Waals surface area contributed by atoms with Gasteiger partial charge in [0.1, 0.15) is 5.75 Å². The second-order valence-corrected chi connectivity index (χ2v) is 5.27. The summed E-state index contributed by atoms with van der Waals surface area (Å²) in [4.78, 5) is 0. The van der Waals surface area contributed by atoms with Crippen LogP contribution >= 0.6 is 15.9 Å². The van der Waals surface area contributed by atoms with E-state index in [2.05, 4.69) is 15.9 Å². The fraction of sp³-hybridized carbons (Fsp3) is 0.200. The molecule has 0 fully saturated rings. The first-order valence-electron chi connectivity index (χ1n) is 6.05. The molecule has 2 aromatic carbocycles. The van der Waals surface area contributed by atoms with E-state index in [9.17, 15) is 8.78 Å². The first-order chi connectivity index (χ1) is 9.52. The molecule has 20 heavy (non-hydrogen) atoms. The number of rotatable bonds is 4. The molecule has 0 saturated carbocycles. The normalized spacial score (nSPS) is 12.2. The molecule has 0 aromatic heterocycles. The number of halogens is 3. The molecule has 0 aliphatic heterocycles. The van der Waals surface area contributed by atoms with Crippen molar-refractivity contribution in [3.63, 3.8) is 0 Å². The van der Waals surface area contributed by atoms with Crippen LogP contribution in [0.1, 0.15) is 17.2 Å². The van der Waals surface area contributed by atoms with Crippen LogP contribution in [0.4, 0.5) is 8.78 Å². The topological polar surface area (TPSA) is 35.2 Å². The van der Waals surface area contributed by atoms with Gasteiger partial charge < -0.3 is 10.5 Å². The van der Waals surface area contributed by atoms with Crippen LogP contribution < -0.4 is 10.5 Å². The highest BCUT2D eigenvalue weighted by atomic mass is 79.9. The van der Waals surface area contributed by atoms with E-state index in [0.29, 0.717) is 12.2 Å². The largest absolute Gasteiger partial charge is 0.497 e. The first-order valence-corrected chi connectivity index (χ1v) is 6.84. The summed E-state index contributed by atoms with van der Waals surface area (Å²) in [6, 6.07) is 8.86. The summed E-state index contributed by atoms with van der Waals surface area (Å²) in [5.74, 6) is -1.09. The fourth-order valence-electron chi connectivity index (χ4n) is 1.99. The summed E-state index contributed by atoms with van der Waals surface area (Å²) in [5.41, 5.74) is 7.03. The molecule has 0 radical (unpaired) electrons. The number of benzene rings is 2. The Labute approximate surface area is 124 Å². The Morgan fingerprint density at radius 2 is 2.00 bits per heavy atom. The summed E-state index contributed by atoms with van der Waals surface area (Å²) >= 11 is 3.41. The van der Waals surface area contributed by atoms with Crippen LogP contribution in [0, 0.1) is 11.6 Å². The highest BCUT2D eigenvalue weighted by molar-refractivity contribution is 9.10. The average molecular weight is 342 g/mol. The lowest BCUT2D eigenvalue weighted by atomic mass is 9.99. The van der Waals surface area contributed by atoms with Crippen molar-refractivity contribution >= 4 is 15.9 Å². The maximum Gasteiger partial charge on any atom is 0.163 e. The van der Waals surface area contributed by atoms with Crippen molar-refractivity contribution in [3.05, 3.63) is 63.6 Å². The van der Waals surface area contributed by atoms with Gasteiger partial charge in [-0.3, -0.25) is 0 Å². The zero-order valence-electron chi connectivity index (χ0n) is 10.9. The standard InChI is InChI=1S/C15H14BrF2NO/c1-20-10-5-6-12(16)9(7-10)8-14(19)11-3-2-4-13(17)15(11)18/h2-7,14H,8,19H2,1H3. The maximum atomic E-state index is 13.7. The van der Waals surface area contributed by atoms with Gasteiger partial charge in [0.05, 0.1) is 7.11 Å². The third-order valence-electron chi connectivity index (χ3n) is 3.07. The van der Waals surface area contributed by atoms with E-state index in [1.54, 1.807) is 7.11 Å². The Morgan fingerprint density at radius 3 is 2.70 bits per heavy atom. The van der Waals surface area contributed by atoms with Gasteiger partial charge in [0.15, 0.2) is 11.6 Å². The molecule has 5 heteroatoms. The molecule has 0 amide bonds. The molecule has 2 nitrogen and oxygen atoms in total. The van der Waals surface area contributed by atoms with Gasteiger partial charge in [-0.15, -0.1) is 0 Å². The van der Waals surface area contributed by atoms with Crippen LogP contribution in [-0.2, 0) is 6.42 Å². The zero-order valence-corrected chi connectivity index (χ0v) is 12.5. The zero-order chi connectivity index (χ0) is 14.7. The molecule has 1 atom stereocenters. The molecular weight excluding hydrogens is 328 g/mol. The lowest BCUT2D eigenvalue weighted by Gasteiger charge is -2.15. The number of methoxy groups -OCH3 is 1. The van der Waals surface area contributed by atoms with Gasteiger partial charge in [0.25, 0.3) is 0 Å². The lowest BCUT2D eigenvalue weighted by Crippen LogP contribution is -2.16. The summed E-state index contributed by atoms with van der Waals surface area (Å²) in [7, 11) is 1.57. The molecule has 0 saturated heterocycles. The van der Waals surface area contributed by atoms with Crippen LogP contribution in [-0.4, -0.2) is 7.11 Å². The molecule has 0 aliphatic rings. The number of hydrogen-bond acceptors (Lipinski definition) is 2. The molecule has 0 heterocycles. The minimum absolute atomic E-state index is 0.166. The van der Waals surface area contributed by atoms with E-state index >= 15 is 0 Å². The Bertz CT molecular complexity index is 619. The number of ether oxygens (including phenoxy) is 1. The molecule has 1 unspecified atom stereocenters. The molecule has 2 aromatic rings. The number of hydrogen-bond donors (Lipinski definition) is 1. The Kier molecular flexibility index (Phi) is 4.73. The van der Waals surface area contributed by atoms with Crippen molar-refractivity contribution in [2.45, 2.75) is 12.5 Å². The smallest absolute Gasteiger partial charge is 0.163 e. The highest BCUT2D eigenvalue weighted by Gasteiger charge is 2.16. The minimum Gasteiger partial charge on any atom is -0.497 e. The first kappa shape index (κ1) is 14.9. The molecule has 2 N–H and O–H groups in total. The van der Waals surface area contributed by atoms with Crippen LogP contribution in [0.25, 0.3) is 0 Å². The molecule has 0 aliphatic carbocycles. The Morgan fingerprint density at radius 1 is 1.25 bits per heavy atom. The minimum atomic E-state index is -0.890. The third-order valence-corrected chi connectivity index (χ3v) is 3.85. The number of nitrogens with two attached hydrogens (primary N) is 1. The van der Waals surface area contributed by atoms with Crippen molar-refractivity contribution in [2.24, 2.45) is 5.73 Å². The molecule has 0 bridgehead atoms. The van der Waals surface area contributed by atoms with E-state index < -0.39 is 17.7 Å². The second-order valence-electron chi connectivity index (χ2n) is 4.41. The van der Waals surface area contributed by atoms with Gasteiger partial charge in [-0.25, -0.2) is 8.78 Å². The van der Waals surface area contributed by atoms with Crippen LogP contribution in [0.15, 0.2) is 40.9 Å². The summed E-state index contributed by atoms with van der Waals surface area (Å²) in [6.45, 7) is 0. The van der Waals surface area contributed by atoms with E-state index in [1.165, 1.54) is 12.1 Å². The quantitative estimate of drug-likeness (QED) is 0.912. The van der Waals surface area contributed by atoms with Crippen LogP contribution in [0.3, 0.4) is 0 Å². The SMILES string of the molecule is COc1ccc(Br)c(CC(N)c2cccc(F)c2F)c1. The van der Waals surface area contributed by atoms with E-state index in [4.69, 9.17) is 10.5 Å². The maximum absolute atomic E-state index is 13.7. The lowest BCUT2D eigenvalue weighted by molar-refractivity contribution is 0.414. The predicted molar refractivity (Wildman–Crippen MR) is 77.7 cm³/mol. The van der Waals surface area contributed by atoms with Crippen molar-refractivity contribution in [1.82, 2.24) is 0 Å². The summed E-state index contributed by atoms with van der Waals surface area (Å²) in [6.07, 6.45) is 0.373. The van der Waals surface area contributed by atoms with Crippen LogP contribution in [0.5, 0.6) is 5.75 Å². The van der Waals surface area contributed by atoms with Gasteiger partial charge in [0.2, 0.25) is 0 Å². The van der Waals surface area contributed by atoms with Gasteiger partial charge in [-0.1, -0.05) is 28.1 Å². The van der Waals surface area contributed by atoms with Gasteiger partial charge in [0, 0.05) is 16.1 Å². The average Bonchev–Trinajstić information content (AvgIpc) is 2.44. The van der Waals surface area contributed by atoms with E-state index in [-0.39, 0.29) is 5.56 Å². The van der Waals surface area contributed by atoms with Gasteiger partial charge in [-0.2, -0.15) is 0 Å². The monoisotopic (exact) mass is 341 g/mol. The van der Waals surface area contributed by atoms with E-state index in [1.807, 2.05) is 18.2 Å². The van der Waals surface area contributed by atoms with E-state index in [0.717, 1.165) is 16.1 Å². The van der Waals surface area contributed by atoms with Gasteiger partial charge in [-0.05, 0) is 36.2 Å². The fourth-order valence-corrected chi connectivity index (χ4v) is 2.40. The van der Waals surface area contributed by atoms with Crippen molar-refractivity contribution in [1.29, 1.82) is 0 Å². The predicted octanol–water partition coefficient (Wildman–Crippen LogP) is 3.98. The molecular formula is C15H14BrF2NO. The molecule has 2 rings (SSSR count). The van der Waals surface area contributed by atoms with Crippen molar-refractivity contribution < 1.29 is 13.5 Å². The Hall–Kier alpha value is -1.46. The second kappa shape index (κ2) is 6.33. The van der Waals surface area contributed by atoms with Crippen LogP contribution in [0.2, 0.25) is 0 Å². The Balaban J connectivity index is 2.27. The summed E-state index contributed by atoms with van der Waals surface area (Å²) < 4.78 is 32.9. The third kappa shape index (κ3) is 3.16. The molecule has 0 spiro atoms. The molecule has 106 valence electrons.